The first-order valence-corrected chi connectivity index (χ1v) is 8.06. The van der Waals surface area contributed by atoms with E-state index in [-0.39, 0.29) is 22.5 Å². The van der Waals surface area contributed by atoms with Crippen LogP contribution in [0.2, 0.25) is 0 Å². The van der Waals surface area contributed by atoms with E-state index < -0.39 is 10.0 Å². The van der Waals surface area contributed by atoms with Gasteiger partial charge in [-0.15, -0.1) is 0 Å². The van der Waals surface area contributed by atoms with Crippen LogP contribution in [0.5, 0.6) is 5.75 Å². The molecule has 1 aliphatic rings. The summed E-state index contributed by atoms with van der Waals surface area (Å²) in [7, 11) is -2.52. The molecule has 1 amide bonds. The molecule has 1 heterocycles. The van der Waals surface area contributed by atoms with Crippen LogP contribution in [-0.2, 0) is 19.6 Å². The fourth-order valence-corrected chi connectivity index (χ4v) is 2.86. The summed E-state index contributed by atoms with van der Waals surface area (Å²) in [5.74, 6) is -0.103. The molecule has 1 aromatic rings. The van der Waals surface area contributed by atoms with Gasteiger partial charge in [0, 0.05) is 30.9 Å². The van der Waals surface area contributed by atoms with E-state index in [1.54, 1.807) is 0 Å². The summed E-state index contributed by atoms with van der Waals surface area (Å²) in [6, 6.07) is 4.24. The van der Waals surface area contributed by atoms with Crippen LogP contribution in [-0.4, -0.2) is 34.6 Å². The third kappa shape index (κ3) is 3.93. The number of hydrogen-bond donors (Lipinski definition) is 2. The second kappa shape index (κ2) is 6.42. The van der Waals surface area contributed by atoms with Gasteiger partial charge in [-0.05, 0) is 25.0 Å². The van der Waals surface area contributed by atoms with Gasteiger partial charge in [0.15, 0.2) is 0 Å². The van der Waals surface area contributed by atoms with E-state index >= 15 is 0 Å². The van der Waals surface area contributed by atoms with Gasteiger partial charge in [-0.25, -0.2) is 13.6 Å². The highest BCUT2D eigenvalue weighted by atomic mass is 32.2. The molecule has 0 radical (unpaired) electrons. The summed E-state index contributed by atoms with van der Waals surface area (Å²) in [4.78, 5) is 12.0. The Kier molecular flexibility index (Phi) is 4.81. The van der Waals surface area contributed by atoms with Crippen LogP contribution >= 0.6 is 0 Å². The molecule has 0 aromatic heterocycles. The molecule has 116 valence electrons. The lowest BCUT2D eigenvalue weighted by Crippen LogP contribution is -2.28. The molecule has 2 rings (SSSR count). The summed E-state index contributed by atoms with van der Waals surface area (Å²) in [6.07, 6.45) is 1.36. The number of carbonyl (C=O) groups is 1. The lowest BCUT2D eigenvalue weighted by molar-refractivity contribution is -0.122. The lowest BCUT2D eigenvalue weighted by Gasteiger charge is -2.21. The highest BCUT2D eigenvalue weighted by Crippen LogP contribution is 2.27. The second-order valence-electron chi connectivity index (χ2n) is 4.79. The van der Waals surface area contributed by atoms with Crippen molar-refractivity contribution in [1.29, 1.82) is 0 Å². The maximum Gasteiger partial charge on any atom is 0.241 e. The smallest absolute Gasteiger partial charge is 0.241 e. The van der Waals surface area contributed by atoms with Crippen LogP contribution in [0.1, 0.15) is 12.8 Å². The SMILES string of the molecule is COc1cc(NC(=O)C2CCOCC2)ccc1S(N)(=O)=O. The van der Waals surface area contributed by atoms with Crippen molar-refractivity contribution in [1.82, 2.24) is 0 Å². The minimum absolute atomic E-state index is 0.0948. The van der Waals surface area contributed by atoms with E-state index in [2.05, 4.69) is 5.32 Å². The van der Waals surface area contributed by atoms with Crippen molar-refractivity contribution in [2.75, 3.05) is 25.6 Å². The van der Waals surface area contributed by atoms with E-state index in [1.807, 2.05) is 0 Å². The zero-order valence-electron chi connectivity index (χ0n) is 11.7. The highest BCUT2D eigenvalue weighted by molar-refractivity contribution is 7.89. The van der Waals surface area contributed by atoms with Crippen molar-refractivity contribution in [3.05, 3.63) is 18.2 Å². The molecule has 1 saturated heterocycles. The molecule has 0 atom stereocenters. The quantitative estimate of drug-likeness (QED) is 0.851. The Bertz CT molecular complexity index is 623. The molecule has 0 aliphatic carbocycles. The maximum absolute atomic E-state index is 12.1. The van der Waals surface area contributed by atoms with Crippen LogP contribution in [0.4, 0.5) is 5.69 Å². The zero-order chi connectivity index (χ0) is 15.5. The van der Waals surface area contributed by atoms with E-state index in [0.717, 1.165) is 0 Å². The van der Waals surface area contributed by atoms with Gasteiger partial charge in [-0.3, -0.25) is 4.79 Å². The molecular formula is C13H18N2O5S. The number of sulfonamides is 1. The van der Waals surface area contributed by atoms with Gasteiger partial charge in [-0.2, -0.15) is 0 Å². The largest absolute Gasteiger partial charge is 0.495 e. The van der Waals surface area contributed by atoms with Crippen molar-refractivity contribution in [2.24, 2.45) is 11.1 Å². The topological polar surface area (TPSA) is 108 Å². The van der Waals surface area contributed by atoms with Gasteiger partial charge < -0.3 is 14.8 Å². The molecule has 8 heteroatoms. The molecule has 0 unspecified atom stereocenters. The van der Waals surface area contributed by atoms with E-state index in [4.69, 9.17) is 14.6 Å². The summed E-state index contributed by atoms with van der Waals surface area (Å²) >= 11 is 0. The number of primary sulfonamides is 1. The molecule has 0 bridgehead atoms. The monoisotopic (exact) mass is 314 g/mol. The molecule has 0 saturated carbocycles. The molecule has 1 aromatic carbocycles. The number of amides is 1. The van der Waals surface area contributed by atoms with Crippen LogP contribution in [0, 0.1) is 5.92 Å². The average molecular weight is 314 g/mol. The number of hydrogen-bond acceptors (Lipinski definition) is 5. The van der Waals surface area contributed by atoms with E-state index in [1.165, 1.54) is 25.3 Å². The number of nitrogens with two attached hydrogens (primary N) is 1. The van der Waals surface area contributed by atoms with Gasteiger partial charge >= 0.3 is 0 Å². The Morgan fingerprint density at radius 3 is 2.62 bits per heavy atom. The summed E-state index contributed by atoms with van der Waals surface area (Å²) in [6.45, 7) is 1.15. The van der Waals surface area contributed by atoms with Crippen LogP contribution in [0.25, 0.3) is 0 Å². The Morgan fingerprint density at radius 2 is 2.05 bits per heavy atom. The van der Waals surface area contributed by atoms with Gasteiger partial charge in [0.05, 0.1) is 7.11 Å². The predicted octanol–water partition coefficient (Wildman–Crippen LogP) is 0.708. The van der Waals surface area contributed by atoms with Gasteiger partial charge in [-0.1, -0.05) is 0 Å². The van der Waals surface area contributed by atoms with Crippen molar-refractivity contribution in [3.63, 3.8) is 0 Å². The van der Waals surface area contributed by atoms with Crippen molar-refractivity contribution in [2.45, 2.75) is 17.7 Å². The Morgan fingerprint density at radius 1 is 1.38 bits per heavy atom. The fourth-order valence-electron chi connectivity index (χ4n) is 2.18. The predicted molar refractivity (Wildman–Crippen MR) is 76.5 cm³/mol. The number of rotatable bonds is 4. The number of methoxy groups -OCH3 is 1. The minimum Gasteiger partial charge on any atom is -0.495 e. The Balaban J connectivity index is 2.15. The number of nitrogens with one attached hydrogen (secondary N) is 1. The fraction of sp³-hybridized carbons (Fsp3) is 0.462. The number of carbonyl (C=O) groups excluding carboxylic acids is 1. The van der Waals surface area contributed by atoms with Crippen LogP contribution < -0.4 is 15.2 Å². The Hall–Kier alpha value is -1.64. The van der Waals surface area contributed by atoms with Gasteiger partial charge in [0.2, 0.25) is 15.9 Å². The van der Waals surface area contributed by atoms with Crippen LogP contribution in [0.3, 0.4) is 0 Å². The summed E-state index contributed by atoms with van der Waals surface area (Å²) in [5.41, 5.74) is 0.468. The van der Waals surface area contributed by atoms with E-state index in [9.17, 15) is 13.2 Å². The number of ether oxygens (including phenoxy) is 2. The van der Waals surface area contributed by atoms with Gasteiger partial charge in [0.25, 0.3) is 0 Å². The highest BCUT2D eigenvalue weighted by Gasteiger charge is 2.22. The molecular weight excluding hydrogens is 296 g/mol. The van der Waals surface area contributed by atoms with E-state index in [0.29, 0.717) is 31.7 Å². The first-order chi connectivity index (χ1) is 9.91. The average Bonchev–Trinajstić information content (AvgIpc) is 2.46. The molecule has 0 spiro atoms. The minimum atomic E-state index is -3.87. The van der Waals surface area contributed by atoms with Gasteiger partial charge in [0.1, 0.15) is 10.6 Å². The lowest BCUT2D eigenvalue weighted by atomic mass is 9.99. The second-order valence-corrected chi connectivity index (χ2v) is 6.32. The first-order valence-electron chi connectivity index (χ1n) is 6.51. The summed E-state index contributed by atoms with van der Waals surface area (Å²) in [5, 5.41) is 7.85. The summed E-state index contributed by atoms with van der Waals surface area (Å²) < 4.78 is 33.0. The number of benzene rings is 1. The van der Waals surface area contributed by atoms with Crippen molar-refractivity contribution < 1.29 is 22.7 Å². The third-order valence-electron chi connectivity index (χ3n) is 3.33. The molecule has 1 fully saturated rings. The Labute approximate surface area is 123 Å². The first kappa shape index (κ1) is 15.7. The molecule has 3 N–H and O–H groups in total. The molecule has 7 nitrogen and oxygen atoms in total. The van der Waals surface area contributed by atoms with Crippen LogP contribution in [0.15, 0.2) is 23.1 Å². The third-order valence-corrected chi connectivity index (χ3v) is 4.28. The zero-order valence-corrected chi connectivity index (χ0v) is 12.5. The van der Waals surface area contributed by atoms with Crippen molar-refractivity contribution in [3.8, 4) is 5.75 Å². The number of anilines is 1. The van der Waals surface area contributed by atoms with Crippen molar-refractivity contribution >= 4 is 21.6 Å². The molecule has 1 aliphatic heterocycles. The standard InChI is InChI=1S/C13H18N2O5S/c1-19-11-8-10(2-3-12(11)21(14,17)18)15-13(16)9-4-6-20-7-5-9/h2-3,8-9H,4-7H2,1H3,(H,15,16)(H2,14,17,18). The normalized spacial score (nSPS) is 16.5. The molecule has 21 heavy (non-hydrogen) atoms. The maximum atomic E-state index is 12.1.